The summed E-state index contributed by atoms with van der Waals surface area (Å²) >= 11 is 0. The van der Waals surface area contributed by atoms with Crippen molar-refractivity contribution in [1.29, 1.82) is 0 Å². The number of hydrogen-bond acceptors (Lipinski definition) is 5. The van der Waals surface area contributed by atoms with Crippen LogP contribution in [0.4, 0.5) is 11.5 Å². The molecule has 142 valence electrons. The molecule has 1 aliphatic rings. The number of aryl methyl sites for hydroxylation is 1. The molecular weight excluding hydrogens is 350 g/mol. The molecule has 0 aliphatic carbocycles. The molecule has 0 spiro atoms. The van der Waals surface area contributed by atoms with Gasteiger partial charge in [0.1, 0.15) is 6.33 Å². The standard InChI is InChI=1S/C21H23N7/c1-26-14-21(24-25-26)23-16-10-12-27(13-11-16)17-6-8-18(9-7-17)28-15-22-19-4-2-3-5-20(19)28/h2-9,14-16,23H,10-13H2,1H3. The molecule has 3 heterocycles. The van der Waals surface area contributed by atoms with Crippen molar-refractivity contribution in [3.63, 3.8) is 0 Å². The van der Waals surface area contributed by atoms with Gasteiger partial charge in [0, 0.05) is 37.6 Å². The third kappa shape index (κ3) is 3.19. The molecule has 7 heteroatoms. The SMILES string of the molecule is Cn1cc(NC2CCN(c3ccc(-n4cnc5ccccc54)cc3)CC2)nn1. The highest BCUT2D eigenvalue weighted by Crippen LogP contribution is 2.24. The molecule has 1 saturated heterocycles. The van der Waals surface area contributed by atoms with Crippen LogP contribution in [0.5, 0.6) is 0 Å². The number of hydrogen-bond donors (Lipinski definition) is 1. The van der Waals surface area contributed by atoms with Crippen LogP contribution in [0.25, 0.3) is 16.7 Å². The fourth-order valence-corrected chi connectivity index (χ4v) is 3.89. The third-order valence-electron chi connectivity index (χ3n) is 5.40. The number of anilines is 2. The van der Waals surface area contributed by atoms with Gasteiger partial charge in [0.2, 0.25) is 0 Å². The van der Waals surface area contributed by atoms with Crippen LogP contribution in [-0.4, -0.2) is 43.7 Å². The molecule has 0 atom stereocenters. The highest BCUT2D eigenvalue weighted by atomic mass is 15.4. The van der Waals surface area contributed by atoms with Gasteiger partial charge in [0.25, 0.3) is 0 Å². The van der Waals surface area contributed by atoms with Crippen LogP contribution >= 0.6 is 0 Å². The second kappa shape index (κ2) is 6.99. The Bertz CT molecular complexity index is 1070. The number of rotatable bonds is 4. The molecule has 5 rings (SSSR count). The van der Waals surface area contributed by atoms with Crippen molar-refractivity contribution in [2.24, 2.45) is 7.05 Å². The summed E-state index contributed by atoms with van der Waals surface area (Å²) in [4.78, 5) is 6.94. The van der Waals surface area contributed by atoms with E-state index in [1.807, 2.05) is 37.8 Å². The molecule has 0 radical (unpaired) electrons. The van der Waals surface area contributed by atoms with Crippen molar-refractivity contribution >= 4 is 22.5 Å². The molecule has 1 fully saturated rings. The minimum absolute atomic E-state index is 0.449. The summed E-state index contributed by atoms with van der Waals surface area (Å²) in [6.45, 7) is 2.07. The Labute approximate surface area is 163 Å². The van der Waals surface area contributed by atoms with Crippen LogP contribution in [0.15, 0.2) is 61.1 Å². The number of aromatic nitrogens is 5. The lowest BCUT2D eigenvalue weighted by molar-refractivity contribution is 0.525. The van der Waals surface area contributed by atoms with Crippen LogP contribution in [0.1, 0.15) is 12.8 Å². The van der Waals surface area contributed by atoms with Crippen LogP contribution in [0.3, 0.4) is 0 Å². The molecule has 2 aromatic heterocycles. The zero-order valence-electron chi connectivity index (χ0n) is 15.9. The number of para-hydroxylation sites is 2. The molecule has 7 nitrogen and oxygen atoms in total. The first-order valence-electron chi connectivity index (χ1n) is 9.66. The second-order valence-corrected chi connectivity index (χ2v) is 7.30. The van der Waals surface area contributed by atoms with Gasteiger partial charge in [-0.1, -0.05) is 17.3 Å². The summed E-state index contributed by atoms with van der Waals surface area (Å²) in [6, 6.07) is 17.4. The van der Waals surface area contributed by atoms with Gasteiger partial charge in [0.15, 0.2) is 5.82 Å². The van der Waals surface area contributed by atoms with Crippen molar-refractivity contribution < 1.29 is 0 Å². The van der Waals surface area contributed by atoms with Crippen LogP contribution in [0.2, 0.25) is 0 Å². The smallest absolute Gasteiger partial charge is 0.168 e. The predicted molar refractivity (Wildman–Crippen MR) is 111 cm³/mol. The lowest BCUT2D eigenvalue weighted by Crippen LogP contribution is -2.39. The Morgan fingerprint density at radius 2 is 1.71 bits per heavy atom. The van der Waals surface area contributed by atoms with Crippen molar-refractivity contribution in [3.8, 4) is 5.69 Å². The van der Waals surface area contributed by atoms with Crippen molar-refractivity contribution in [1.82, 2.24) is 24.5 Å². The Kier molecular flexibility index (Phi) is 4.20. The van der Waals surface area contributed by atoms with Gasteiger partial charge >= 0.3 is 0 Å². The monoisotopic (exact) mass is 373 g/mol. The summed E-state index contributed by atoms with van der Waals surface area (Å²) in [5.41, 5.74) is 4.55. The van der Waals surface area contributed by atoms with Crippen molar-refractivity contribution in [2.45, 2.75) is 18.9 Å². The largest absolute Gasteiger partial charge is 0.371 e. The molecule has 2 aromatic carbocycles. The van der Waals surface area contributed by atoms with Gasteiger partial charge in [-0.25, -0.2) is 4.98 Å². The molecule has 1 aliphatic heterocycles. The Morgan fingerprint density at radius 3 is 2.46 bits per heavy atom. The summed E-state index contributed by atoms with van der Waals surface area (Å²) in [5.74, 6) is 0.859. The van der Waals surface area contributed by atoms with Crippen LogP contribution in [0, 0.1) is 0 Å². The number of benzene rings is 2. The minimum atomic E-state index is 0.449. The quantitative estimate of drug-likeness (QED) is 0.595. The first-order valence-corrected chi connectivity index (χ1v) is 9.66. The highest BCUT2D eigenvalue weighted by Gasteiger charge is 2.20. The van der Waals surface area contributed by atoms with E-state index in [4.69, 9.17) is 0 Å². The van der Waals surface area contributed by atoms with E-state index < -0.39 is 0 Å². The first kappa shape index (κ1) is 16.8. The maximum Gasteiger partial charge on any atom is 0.168 e. The van der Waals surface area contributed by atoms with Gasteiger partial charge < -0.3 is 10.2 Å². The number of fused-ring (bicyclic) bond motifs is 1. The van der Waals surface area contributed by atoms with E-state index in [1.165, 1.54) is 5.69 Å². The van der Waals surface area contributed by atoms with Gasteiger partial charge in [0.05, 0.1) is 17.2 Å². The molecule has 4 aromatic rings. The lowest BCUT2D eigenvalue weighted by Gasteiger charge is -2.34. The Morgan fingerprint density at radius 1 is 0.964 bits per heavy atom. The maximum atomic E-state index is 4.49. The Hall–Kier alpha value is -3.35. The van der Waals surface area contributed by atoms with Crippen molar-refractivity contribution in [3.05, 3.63) is 61.1 Å². The van der Waals surface area contributed by atoms with Crippen LogP contribution < -0.4 is 10.2 Å². The van der Waals surface area contributed by atoms with E-state index in [9.17, 15) is 0 Å². The van der Waals surface area contributed by atoms with E-state index in [2.05, 4.69) is 60.4 Å². The fraction of sp³-hybridized carbons (Fsp3) is 0.286. The molecule has 1 N–H and O–H groups in total. The average Bonchev–Trinajstić information content (AvgIpc) is 3.35. The number of imidazole rings is 1. The summed E-state index contributed by atoms with van der Waals surface area (Å²) < 4.78 is 3.86. The minimum Gasteiger partial charge on any atom is -0.371 e. The summed E-state index contributed by atoms with van der Waals surface area (Å²) in [5, 5.41) is 11.6. The number of nitrogens with zero attached hydrogens (tertiary/aromatic N) is 6. The number of nitrogens with one attached hydrogen (secondary N) is 1. The summed E-state index contributed by atoms with van der Waals surface area (Å²) in [6.07, 6.45) is 5.99. The third-order valence-corrected chi connectivity index (χ3v) is 5.40. The zero-order chi connectivity index (χ0) is 18.9. The fourth-order valence-electron chi connectivity index (χ4n) is 3.89. The molecule has 28 heavy (non-hydrogen) atoms. The van der Waals surface area contributed by atoms with E-state index in [0.717, 1.165) is 48.5 Å². The van der Waals surface area contributed by atoms with E-state index in [-0.39, 0.29) is 0 Å². The molecule has 0 amide bonds. The topological polar surface area (TPSA) is 63.8 Å². The molecule has 0 bridgehead atoms. The van der Waals surface area contributed by atoms with Gasteiger partial charge in [-0.15, -0.1) is 5.10 Å². The first-order chi connectivity index (χ1) is 13.8. The second-order valence-electron chi connectivity index (χ2n) is 7.30. The highest BCUT2D eigenvalue weighted by molar-refractivity contribution is 5.77. The van der Waals surface area contributed by atoms with Gasteiger partial charge in [-0.2, -0.15) is 0 Å². The van der Waals surface area contributed by atoms with E-state index in [0.29, 0.717) is 6.04 Å². The number of piperidine rings is 1. The molecular formula is C21H23N7. The maximum absolute atomic E-state index is 4.49. The van der Waals surface area contributed by atoms with Gasteiger partial charge in [-0.05, 0) is 49.2 Å². The van der Waals surface area contributed by atoms with Crippen molar-refractivity contribution in [2.75, 3.05) is 23.3 Å². The molecule has 0 unspecified atom stereocenters. The normalized spacial score (nSPS) is 15.2. The lowest BCUT2D eigenvalue weighted by atomic mass is 10.0. The average molecular weight is 373 g/mol. The predicted octanol–water partition coefficient (Wildman–Crippen LogP) is 3.23. The van der Waals surface area contributed by atoms with E-state index >= 15 is 0 Å². The molecule has 0 saturated carbocycles. The zero-order valence-corrected chi connectivity index (χ0v) is 15.9. The van der Waals surface area contributed by atoms with E-state index in [1.54, 1.807) is 4.68 Å². The summed E-state index contributed by atoms with van der Waals surface area (Å²) in [7, 11) is 1.89. The van der Waals surface area contributed by atoms with Crippen LogP contribution in [-0.2, 0) is 7.05 Å². The Balaban J connectivity index is 1.25. The van der Waals surface area contributed by atoms with Gasteiger partial charge in [-0.3, -0.25) is 9.25 Å².